The van der Waals surface area contributed by atoms with E-state index in [2.05, 4.69) is 48.6 Å². The number of amides is 1. The van der Waals surface area contributed by atoms with Gasteiger partial charge in [-0.2, -0.15) is 0 Å². The maximum absolute atomic E-state index is 12.6. The monoisotopic (exact) mass is 294 g/mol. The minimum Gasteiger partial charge on any atom is -0.340 e. The number of benzene rings is 2. The van der Waals surface area contributed by atoms with Gasteiger partial charge in [0.15, 0.2) is 0 Å². The van der Waals surface area contributed by atoms with Crippen molar-refractivity contribution in [3.8, 4) is 0 Å². The highest BCUT2D eigenvalue weighted by Crippen LogP contribution is 2.17. The van der Waals surface area contributed by atoms with Crippen molar-refractivity contribution in [2.75, 3.05) is 7.05 Å². The fraction of sp³-hybridized carbons (Fsp3) is 0.316. The van der Waals surface area contributed by atoms with E-state index < -0.39 is 0 Å². The van der Waals surface area contributed by atoms with Crippen LogP contribution in [-0.4, -0.2) is 23.9 Å². The maximum atomic E-state index is 12.6. The van der Waals surface area contributed by atoms with Crippen LogP contribution in [0, 0.1) is 6.92 Å². The Morgan fingerprint density at radius 3 is 2.55 bits per heavy atom. The number of rotatable bonds is 3. The van der Waals surface area contributed by atoms with Crippen LogP contribution in [0.1, 0.15) is 22.3 Å². The van der Waals surface area contributed by atoms with E-state index in [0.717, 1.165) is 18.5 Å². The molecule has 0 radical (unpaired) electrons. The first-order valence-corrected chi connectivity index (χ1v) is 7.74. The standard InChI is InChI=1S/C19H22N2O/c1-14-7-9-15(10-8-14)13-21(2)19(22)18-11-16-5-3-4-6-17(16)12-20-18/h3-10,18,20H,11-13H2,1-2H3. The Balaban J connectivity index is 1.65. The summed E-state index contributed by atoms with van der Waals surface area (Å²) in [6.07, 6.45) is 0.771. The van der Waals surface area contributed by atoms with Crippen molar-refractivity contribution in [1.82, 2.24) is 10.2 Å². The molecule has 1 heterocycles. The molecule has 0 bridgehead atoms. The van der Waals surface area contributed by atoms with E-state index >= 15 is 0 Å². The second kappa shape index (κ2) is 6.32. The molecule has 22 heavy (non-hydrogen) atoms. The molecule has 2 aromatic rings. The number of fused-ring (bicyclic) bond motifs is 1. The van der Waals surface area contributed by atoms with E-state index in [0.29, 0.717) is 6.54 Å². The summed E-state index contributed by atoms with van der Waals surface area (Å²) in [4.78, 5) is 14.5. The largest absolute Gasteiger partial charge is 0.340 e. The van der Waals surface area contributed by atoms with Gasteiger partial charge in [0, 0.05) is 20.1 Å². The lowest BCUT2D eigenvalue weighted by molar-refractivity contribution is -0.132. The molecule has 0 aromatic heterocycles. The number of nitrogens with one attached hydrogen (secondary N) is 1. The Morgan fingerprint density at radius 2 is 1.82 bits per heavy atom. The first-order chi connectivity index (χ1) is 10.6. The highest BCUT2D eigenvalue weighted by molar-refractivity contribution is 5.82. The molecule has 1 unspecified atom stereocenters. The number of nitrogens with zero attached hydrogens (tertiary/aromatic N) is 1. The van der Waals surface area contributed by atoms with Crippen molar-refractivity contribution in [2.45, 2.75) is 32.5 Å². The molecule has 1 atom stereocenters. The summed E-state index contributed by atoms with van der Waals surface area (Å²) >= 11 is 0. The fourth-order valence-electron chi connectivity index (χ4n) is 2.94. The van der Waals surface area contributed by atoms with Crippen molar-refractivity contribution in [2.24, 2.45) is 0 Å². The molecule has 1 N–H and O–H groups in total. The molecule has 1 aliphatic heterocycles. The number of likely N-dealkylation sites (N-methyl/N-ethyl adjacent to an activating group) is 1. The van der Waals surface area contributed by atoms with Crippen molar-refractivity contribution >= 4 is 5.91 Å². The topological polar surface area (TPSA) is 32.3 Å². The molecule has 1 amide bonds. The van der Waals surface area contributed by atoms with Crippen molar-refractivity contribution in [3.63, 3.8) is 0 Å². The minimum atomic E-state index is -0.120. The normalized spacial score (nSPS) is 16.9. The van der Waals surface area contributed by atoms with Gasteiger partial charge in [-0.3, -0.25) is 4.79 Å². The predicted octanol–water partition coefficient (Wildman–Crippen LogP) is 2.67. The van der Waals surface area contributed by atoms with Crippen LogP contribution in [0.2, 0.25) is 0 Å². The zero-order valence-corrected chi connectivity index (χ0v) is 13.2. The van der Waals surface area contributed by atoms with E-state index in [-0.39, 0.29) is 11.9 Å². The molecule has 3 heteroatoms. The van der Waals surface area contributed by atoms with Crippen LogP contribution >= 0.6 is 0 Å². The molecule has 0 saturated heterocycles. The summed E-state index contributed by atoms with van der Waals surface area (Å²) in [6, 6.07) is 16.6. The highest BCUT2D eigenvalue weighted by Gasteiger charge is 2.26. The summed E-state index contributed by atoms with van der Waals surface area (Å²) in [5.41, 5.74) is 4.98. The van der Waals surface area contributed by atoms with E-state index in [1.54, 1.807) is 0 Å². The lowest BCUT2D eigenvalue weighted by Gasteiger charge is -2.29. The van der Waals surface area contributed by atoms with Gasteiger partial charge in [0.25, 0.3) is 0 Å². The molecule has 0 saturated carbocycles. The zero-order valence-electron chi connectivity index (χ0n) is 13.2. The van der Waals surface area contributed by atoms with E-state index in [1.165, 1.54) is 16.7 Å². The van der Waals surface area contributed by atoms with Crippen LogP contribution in [0.25, 0.3) is 0 Å². The van der Waals surface area contributed by atoms with Crippen molar-refractivity contribution in [1.29, 1.82) is 0 Å². The van der Waals surface area contributed by atoms with Gasteiger partial charge >= 0.3 is 0 Å². The molecule has 1 aliphatic rings. The van der Waals surface area contributed by atoms with Gasteiger partial charge < -0.3 is 10.2 Å². The number of aryl methyl sites for hydroxylation is 1. The Labute approximate surface area is 132 Å². The van der Waals surface area contributed by atoms with Crippen LogP contribution in [0.15, 0.2) is 48.5 Å². The Morgan fingerprint density at radius 1 is 1.14 bits per heavy atom. The van der Waals surface area contributed by atoms with Crippen LogP contribution in [0.4, 0.5) is 0 Å². The van der Waals surface area contributed by atoms with Gasteiger partial charge in [0.05, 0.1) is 6.04 Å². The molecule has 0 fully saturated rings. The van der Waals surface area contributed by atoms with Crippen LogP contribution in [0.5, 0.6) is 0 Å². The third kappa shape index (κ3) is 3.20. The molecule has 0 spiro atoms. The quantitative estimate of drug-likeness (QED) is 0.944. The zero-order chi connectivity index (χ0) is 15.5. The average molecular weight is 294 g/mol. The summed E-state index contributed by atoms with van der Waals surface area (Å²) in [5, 5.41) is 3.36. The second-order valence-corrected chi connectivity index (χ2v) is 6.09. The SMILES string of the molecule is Cc1ccc(CN(C)C(=O)C2Cc3ccccc3CN2)cc1. The van der Waals surface area contributed by atoms with Gasteiger partial charge in [0.2, 0.25) is 5.91 Å². The average Bonchev–Trinajstić information content (AvgIpc) is 2.55. The molecule has 3 rings (SSSR count). The molecular formula is C19H22N2O. The minimum absolute atomic E-state index is 0.120. The Hall–Kier alpha value is -2.13. The molecule has 2 aromatic carbocycles. The Bertz CT molecular complexity index is 663. The smallest absolute Gasteiger partial charge is 0.240 e. The Kier molecular flexibility index (Phi) is 4.25. The summed E-state index contributed by atoms with van der Waals surface area (Å²) in [5.74, 6) is 0.162. The molecule has 114 valence electrons. The lowest BCUT2D eigenvalue weighted by atomic mass is 9.95. The third-order valence-corrected chi connectivity index (χ3v) is 4.30. The number of hydrogen-bond acceptors (Lipinski definition) is 2. The first kappa shape index (κ1) is 14.8. The fourth-order valence-corrected chi connectivity index (χ4v) is 2.94. The van der Waals surface area contributed by atoms with Crippen LogP contribution < -0.4 is 5.32 Å². The summed E-state index contributed by atoms with van der Waals surface area (Å²) in [7, 11) is 1.88. The summed E-state index contributed by atoms with van der Waals surface area (Å²) in [6.45, 7) is 3.49. The highest BCUT2D eigenvalue weighted by atomic mass is 16.2. The van der Waals surface area contributed by atoms with Crippen molar-refractivity contribution < 1.29 is 4.79 Å². The van der Waals surface area contributed by atoms with Gasteiger partial charge in [-0.15, -0.1) is 0 Å². The van der Waals surface area contributed by atoms with E-state index in [4.69, 9.17) is 0 Å². The van der Waals surface area contributed by atoms with Gasteiger partial charge in [0.1, 0.15) is 0 Å². The van der Waals surface area contributed by atoms with E-state index in [9.17, 15) is 4.79 Å². The maximum Gasteiger partial charge on any atom is 0.240 e. The number of hydrogen-bond donors (Lipinski definition) is 1. The number of carbonyl (C=O) groups excluding carboxylic acids is 1. The molecule has 3 nitrogen and oxygen atoms in total. The first-order valence-electron chi connectivity index (χ1n) is 7.74. The molecule has 0 aliphatic carbocycles. The van der Waals surface area contributed by atoms with E-state index in [1.807, 2.05) is 24.1 Å². The lowest BCUT2D eigenvalue weighted by Crippen LogP contribution is -2.48. The van der Waals surface area contributed by atoms with Crippen LogP contribution in [-0.2, 0) is 24.3 Å². The second-order valence-electron chi connectivity index (χ2n) is 6.09. The van der Waals surface area contributed by atoms with Gasteiger partial charge in [-0.05, 0) is 30.0 Å². The molecular weight excluding hydrogens is 272 g/mol. The van der Waals surface area contributed by atoms with Crippen LogP contribution in [0.3, 0.4) is 0 Å². The predicted molar refractivity (Wildman–Crippen MR) is 88.4 cm³/mol. The van der Waals surface area contributed by atoms with Gasteiger partial charge in [-0.1, -0.05) is 54.1 Å². The number of carbonyl (C=O) groups is 1. The van der Waals surface area contributed by atoms with Crippen molar-refractivity contribution in [3.05, 3.63) is 70.8 Å². The summed E-state index contributed by atoms with van der Waals surface area (Å²) < 4.78 is 0. The third-order valence-electron chi connectivity index (χ3n) is 4.30. The van der Waals surface area contributed by atoms with Gasteiger partial charge in [-0.25, -0.2) is 0 Å².